The molecule has 6 heteroatoms. The van der Waals surface area contributed by atoms with Crippen molar-refractivity contribution in [3.8, 4) is 5.75 Å². The number of carbonyl (C=O) groups is 1. The number of rotatable bonds is 6. The average Bonchev–Trinajstić information content (AvgIpc) is 3.17. The number of carbonyl (C=O) groups excluding carboxylic acids is 1. The van der Waals surface area contributed by atoms with Gasteiger partial charge in [0.15, 0.2) is 5.75 Å². The third kappa shape index (κ3) is 5.40. The van der Waals surface area contributed by atoms with E-state index in [2.05, 4.69) is 36.4 Å². The highest BCUT2D eigenvalue weighted by Crippen LogP contribution is 2.39. The number of nitrogens with zero attached hydrogens (tertiary/aromatic N) is 1. The highest BCUT2D eigenvalue weighted by Gasteiger charge is 2.30. The van der Waals surface area contributed by atoms with E-state index in [0.717, 1.165) is 40.8 Å². The van der Waals surface area contributed by atoms with Gasteiger partial charge in [-0.2, -0.15) is 0 Å². The maximum atomic E-state index is 12.3. The maximum absolute atomic E-state index is 12.3. The van der Waals surface area contributed by atoms with Gasteiger partial charge in [0, 0.05) is 33.1 Å². The van der Waals surface area contributed by atoms with Gasteiger partial charge in [0.25, 0.3) is 0 Å². The molecule has 0 spiro atoms. The number of amides is 1. The highest BCUT2D eigenvalue weighted by molar-refractivity contribution is 7.17. The molecule has 3 aromatic rings. The number of thiophene rings is 1. The average molecular weight is 457 g/mol. The topological polar surface area (TPSA) is 41.6 Å². The molecule has 0 saturated heterocycles. The second kappa shape index (κ2) is 10.0. The van der Waals surface area contributed by atoms with Crippen LogP contribution in [-0.2, 0) is 0 Å². The highest BCUT2D eigenvalue weighted by atomic mass is 35.5. The van der Waals surface area contributed by atoms with Crippen LogP contribution < -0.4 is 10.1 Å². The van der Waals surface area contributed by atoms with Crippen LogP contribution >= 0.6 is 22.9 Å². The van der Waals surface area contributed by atoms with E-state index < -0.39 is 0 Å². The Bertz CT molecular complexity index is 1010. The Morgan fingerprint density at radius 3 is 2.55 bits per heavy atom. The second-order valence-corrected chi connectivity index (χ2v) is 9.96. The van der Waals surface area contributed by atoms with Crippen LogP contribution in [0.25, 0.3) is 10.1 Å². The molecule has 0 aliphatic heterocycles. The Hall–Kier alpha value is -2.08. The molecule has 4 nitrogen and oxygen atoms in total. The van der Waals surface area contributed by atoms with E-state index in [-0.39, 0.29) is 6.09 Å². The summed E-state index contributed by atoms with van der Waals surface area (Å²) in [4.78, 5) is 14.6. The first kappa shape index (κ1) is 22.1. The zero-order valence-corrected chi connectivity index (χ0v) is 19.6. The predicted molar refractivity (Wildman–Crippen MR) is 129 cm³/mol. The van der Waals surface area contributed by atoms with Gasteiger partial charge in [-0.1, -0.05) is 35.9 Å². The van der Waals surface area contributed by atoms with Crippen LogP contribution in [0.3, 0.4) is 0 Å². The summed E-state index contributed by atoms with van der Waals surface area (Å²) in [5.74, 6) is 1.74. The minimum atomic E-state index is -0.363. The number of halogens is 1. The molecule has 1 fully saturated rings. The fourth-order valence-electron chi connectivity index (χ4n) is 4.76. The number of nitrogens with one attached hydrogen (secondary N) is 1. The Kier molecular flexibility index (Phi) is 7.16. The lowest BCUT2D eigenvalue weighted by molar-refractivity contribution is 0.146. The molecule has 1 amide bonds. The summed E-state index contributed by atoms with van der Waals surface area (Å²) in [6.45, 7) is 0.668. The van der Waals surface area contributed by atoms with Crippen molar-refractivity contribution in [2.24, 2.45) is 11.8 Å². The Morgan fingerprint density at radius 1 is 1.13 bits per heavy atom. The number of benzene rings is 2. The van der Waals surface area contributed by atoms with Crippen molar-refractivity contribution in [1.29, 1.82) is 0 Å². The van der Waals surface area contributed by atoms with Gasteiger partial charge in [0.2, 0.25) is 0 Å². The summed E-state index contributed by atoms with van der Waals surface area (Å²) in [5.41, 5.74) is 1.32. The van der Waals surface area contributed by atoms with E-state index in [4.69, 9.17) is 16.3 Å². The lowest BCUT2D eigenvalue weighted by Crippen LogP contribution is -2.35. The zero-order chi connectivity index (χ0) is 21.8. The van der Waals surface area contributed by atoms with Crippen LogP contribution in [0.4, 0.5) is 4.79 Å². The summed E-state index contributed by atoms with van der Waals surface area (Å²) in [6, 6.07) is 16.6. The summed E-state index contributed by atoms with van der Waals surface area (Å²) in [7, 11) is 4.30. The van der Waals surface area contributed by atoms with E-state index in [1.54, 1.807) is 11.3 Å². The van der Waals surface area contributed by atoms with Crippen molar-refractivity contribution in [2.45, 2.75) is 31.7 Å². The van der Waals surface area contributed by atoms with E-state index in [9.17, 15) is 4.79 Å². The van der Waals surface area contributed by atoms with E-state index in [1.807, 2.05) is 41.8 Å². The van der Waals surface area contributed by atoms with Crippen molar-refractivity contribution in [1.82, 2.24) is 10.2 Å². The number of hydrogen-bond acceptors (Lipinski definition) is 4. The molecule has 0 bridgehead atoms. The molecule has 1 atom stereocenters. The van der Waals surface area contributed by atoms with Crippen LogP contribution in [0.15, 0.2) is 53.9 Å². The van der Waals surface area contributed by atoms with Crippen LogP contribution in [-0.4, -0.2) is 31.6 Å². The van der Waals surface area contributed by atoms with E-state index in [0.29, 0.717) is 30.2 Å². The summed E-state index contributed by atoms with van der Waals surface area (Å²) < 4.78 is 6.68. The van der Waals surface area contributed by atoms with Crippen molar-refractivity contribution in [2.75, 3.05) is 20.6 Å². The third-order valence-corrected chi connectivity index (χ3v) is 7.48. The van der Waals surface area contributed by atoms with Gasteiger partial charge >= 0.3 is 6.09 Å². The molecule has 1 N–H and O–H groups in total. The molecule has 164 valence electrons. The number of ether oxygens (including phenoxy) is 1. The van der Waals surface area contributed by atoms with Gasteiger partial charge in [0.05, 0.1) is 0 Å². The lowest BCUT2D eigenvalue weighted by Gasteiger charge is -2.37. The van der Waals surface area contributed by atoms with Gasteiger partial charge in [-0.3, -0.25) is 0 Å². The molecule has 1 aliphatic rings. The monoisotopic (exact) mass is 456 g/mol. The Labute approximate surface area is 193 Å². The molecular weight excluding hydrogens is 428 g/mol. The predicted octanol–water partition coefficient (Wildman–Crippen LogP) is 6.75. The SMILES string of the molecule is CN(C)C(c1ccc(Cl)cc1)C1CCC(CNC(=O)Oc2csc3ccccc23)CC1. The normalized spacial score (nSPS) is 20.0. The molecule has 1 aromatic heterocycles. The lowest BCUT2D eigenvalue weighted by atomic mass is 9.76. The van der Waals surface area contributed by atoms with E-state index >= 15 is 0 Å². The fraction of sp³-hybridized carbons (Fsp3) is 0.400. The van der Waals surface area contributed by atoms with Crippen molar-refractivity contribution < 1.29 is 9.53 Å². The zero-order valence-electron chi connectivity index (χ0n) is 18.0. The maximum Gasteiger partial charge on any atom is 0.412 e. The Balaban J connectivity index is 1.27. The van der Waals surface area contributed by atoms with Crippen molar-refractivity contribution >= 4 is 39.1 Å². The quantitative estimate of drug-likeness (QED) is 0.445. The summed E-state index contributed by atoms with van der Waals surface area (Å²) in [6.07, 6.45) is 4.18. The molecule has 1 unspecified atom stereocenters. The van der Waals surface area contributed by atoms with Crippen LogP contribution in [0, 0.1) is 11.8 Å². The Morgan fingerprint density at radius 2 is 1.84 bits per heavy atom. The minimum Gasteiger partial charge on any atom is -0.409 e. The first-order chi connectivity index (χ1) is 15.0. The van der Waals surface area contributed by atoms with Crippen LogP contribution in [0.1, 0.15) is 37.3 Å². The molecule has 1 aliphatic carbocycles. The van der Waals surface area contributed by atoms with E-state index in [1.165, 1.54) is 5.56 Å². The van der Waals surface area contributed by atoms with Crippen molar-refractivity contribution in [3.63, 3.8) is 0 Å². The second-order valence-electron chi connectivity index (χ2n) is 8.61. The molecular formula is C25H29ClN2O2S. The van der Waals surface area contributed by atoms with Crippen molar-refractivity contribution in [3.05, 3.63) is 64.5 Å². The first-order valence-electron chi connectivity index (χ1n) is 10.8. The minimum absolute atomic E-state index is 0.363. The standard InChI is InChI=1S/C25H29ClN2O2S/c1-28(2)24(19-11-13-20(26)14-12-19)18-9-7-17(8-10-18)15-27-25(29)30-22-16-31-23-6-4-3-5-21(22)23/h3-6,11-14,16-18,24H,7-10,15H2,1-2H3,(H,27,29). The molecule has 0 radical (unpaired) electrons. The van der Waals surface area contributed by atoms with Gasteiger partial charge < -0.3 is 15.0 Å². The summed E-state index contributed by atoms with van der Waals surface area (Å²) >= 11 is 7.67. The van der Waals surface area contributed by atoms with Gasteiger partial charge in [-0.25, -0.2) is 4.79 Å². The van der Waals surface area contributed by atoms with Gasteiger partial charge in [-0.15, -0.1) is 11.3 Å². The van der Waals surface area contributed by atoms with Crippen LogP contribution in [0.5, 0.6) is 5.75 Å². The largest absolute Gasteiger partial charge is 0.412 e. The first-order valence-corrected chi connectivity index (χ1v) is 12.1. The molecule has 31 heavy (non-hydrogen) atoms. The molecule has 2 aromatic carbocycles. The fourth-order valence-corrected chi connectivity index (χ4v) is 5.74. The van der Waals surface area contributed by atoms with Crippen LogP contribution in [0.2, 0.25) is 5.02 Å². The molecule has 4 rings (SSSR count). The summed E-state index contributed by atoms with van der Waals surface area (Å²) in [5, 5.41) is 6.64. The molecule has 1 heterocycles. The van der Waals surface area contributed by atoms with Gasteiger partial charge in [-0.05, 0) is 81.4 Å². The molecule has 1 saturated carbocycles. The third-order valence-electron chi connectivity index (χ3n) is 6.29. The van der Waals surface area contributed by atoms with Gasteiger partial charge in [0.1, 0.15) is 0 Å². The number of fused-ring (bicyclic) bond motifs is 1. The smallest absolute Gasteiger partial charge is 0.409 e. The number of hydrogen-bond donors (Lipinski definition) is 1.